The van der Waals surface area contributed by atoms with Gasteiger partial charge in [-0.3, -0.25) is 13.9 Å². The van der Waals surface area contributed by atoms with Crippen LogP contribution in [0.25, 0.3) is 0 Å². The van der Waals surface area contributed by atoms with Gasteiger partial charge in [0.1, 0.15) is 5.82 Å². The number of piperazine rings is 1. The Hall–Kier alpha value is -1.55. The predicted molar refractivity (Wildman–Crippen MR) is 90.3 cm³/mol. The van der Waals surface area contributed by atoms with Crippen LogP contribution in [0.2, 0.25) is 0 Å². The zero-order valence-electron chi connectivity index (χ0n) is 13.8. The van der Waals surface area contributed by atoms with Crippen LogP contribution < -0.4 is 4.72 Å². The summed E-state index contributed by atoms with van der Waals surface area (Å²) in [5.74, 6) is -1.11. The van der Waals surface area contributed by atoms with Crippen molar-refractivity contribution in [2.75, 3.05) is 44.1 Å². The maximum atomic E-state index is 14.1. The quantitative estimate of drug-likeness (QED) is 0.781. The topological polar surface area (TPSA) is 84.9 Å². The Morgan fingerprint density at radius 1 is 1.36 bits per heavy atom. The molecule has 1 aromatic carbocycles. The summed E-state index contributed by atoms with van der Waals surface area (Å²) in [6.45, 7) is 4.26. The number of nitrogens with zero attached hydrogens (tertiary/aromatic N) is 2. The molecular formula is C16H21FN3O4S-. The fraction of sp³-hybridized carbons (Fsp3) is 0.562. The van der Waals surface area contributed by atoms with Crippen molar-refractivity contribution in [2.24, 2.45) is 0 Å². The molecule has 0 bridgehead atoms. The third-order valence-electron chi connectivity index (χ3n) is 4.55. The van der Waals surface area contributed by atoms with Crippen molar-refractivity contribution < 1.29 is 22.7 Å². The molecule has 2 aliphatic heterocycles. The fourth-order valence-electron chi connectivity index (χ4n) is 3.23. The van der Waals surface area contributed by atoms with E-state index in [1.807, 2.05) is 0 Å². The molecule has 0 spiro atoms. The van der Waals surface area contributed by atoms with Gasteiger partial charge in [0.15, 0.2) is 0 Å². The molecule has 1 aromatic rings. The van der Waals surface area contributed by atoms with E-state index in [9.17, 15) is 17.9 Å². The largest absolute Gasteiger partial charge is 0.755 e. The summed E-state index contributed by atoms with van der Waals surface area (Å²) in [5, 5.41) is 0. The number of hydrogen-bond donors (Lipinski definition) is 1. The molecule has 7 nitrogen and oxygen atoms in total. The minimum absolute atomic E-state index is 0.0465. The summed E-state index contributed by atoms with van der Waals surface area (Å²) in [5.41, 5.74) is 0.0403. The van der Waals surface area contributed by atoms with Gasteiger partial charge in [0.2, 0.25) is 0 Å². The lowest BCUT2D eigenvalue weighted by atomic mass is 10.1. The van der Waals surface area contributed by atoms with Crippen molar-refractivity contribution >= 4 is 22.9 Å². The molecule has 25 heavy (non-hydrogen) atoms. The number of amides is 1. The molecule has 1 amide bonds. The Bertz CT molecular complexity index is 646. The summed E-state index contributed by atoms with van der Waals surface area (Å²) < 4.78 is 43.0. The van der Waals surface area contributed by atoms with Gasteiger partial charge in [0.25, 0.3) is 5.91 Å². The first-order chi connectivity index (χ1) is 12.0. The lowest BCUT2D eigenvalue weighted by Gasteiger charge is -2.35. The highest BCUT2D eigenvalue weighted by atomic mass is 32.2. The zero-order valence-corrected chi connectivity index (χ0v) is 14.6. The Morgan fingerprint density at radius 3 is 2.72 bits per heavy atom. The monoisotopic (exact) mass is 370 g/mol. The van der Waals surface area contributed by atoms with E-state index >= 15 is 0 Å². The first kappa shape index (κ1) is 18.2. The van der Waals surface area contributed by atoms with Crippen LogP contribution in [0.5, 0.6) is 0 Å². The van der Waals surface area contributed by atoms with E-state index in [4.69, 9.17) is 4.74 Å². The van der Waals surface area contributed by atoms with Crippen molar-refractivity contribution in [1.82, 2.24) is 9.80 Å². The molecule has 0 aromatic heterocycles. The third-order valence-corrected chi connectivity index (χ3v) is 4.95. The van der Waals surface area contributed by atoms with Gasteiger partial charge in [-0.1, -0.05) is 0 Å². The Labute approximate surface area is 148 Å². The number of nitrogens with one attached hydrogen (secondary N) is 1. The van der Waals surface area contributed by atoms with Crippen LogP contribution in [0.4, 0.5) is 10.1 Å². The second-order valence-electron chi connectivity index (χ2n) is 6.26. The van der Waals surface area contributed by atoms with Gasteiger partial charge >= 0.3 is 0 Å². The Morgan fingerprint density at radius 2 is 2.12 bits per heavy atom. The summed E-state index contributed by atoms with van der Waals surface area (Å²) in [6, 6.07) is 3.70. The molecule has 0 saturated carbocycles. The van der Waals surface area contributed by atoms with E-state index in [0.717, 1.165) is 45.1 Å². The highest BCUT2D eigenvalue weighted by molar-refractivity contribution is 7.80. The second kappa shape index (κ2) is 8.22. The van der Waals surface area contributed by atoms with Crippen LogP contribution in [-0.4, -0.2) is 69.9 Å². The van der Waals surface area contributed by atoms with Gasteiger partial charge in [-0.2, -0.15) is 0 Å². The van der Waals surface area contributed by atoms with Crippen molar-refractivity contribution in [3.05, 3.63) is 29.6 Å². The molecule has 2 fully saturated rings. The number of ether oxygens (including phenoxy) is 1. The maximum absolute atomic E-state index is 14.1. The number of carbonyl (C=O) groups excluding carboxylic acids is 1. The molecule has 2 heterocycles. The number of carbonyl (C=O) groups is 1. The van der Waals surface area contributed by atoms with E-state index < -0.39 is 17.1 Å². The summed E-state index contributed by atoms with van der Waals surface area (Å²) >= 11 is -2.53. The molecule has 2 saturated heterocycles. The van der Waals surface area contributed by atoms with Crippen molar-refractivity contribution in [1.29, 1.82) is 0 Å². The first-order valence-corrected chi connectivity index (χ1v) is 9.39. The lowest BCUT2D eigenvalue weighted by molar-refractivity contribution is 0.0430. The van der Waals surface area contributed by atoms with Crippen LogP contribution in [0.3, 0.4) is 0 Å². The van der Waals surface area contributed by atoms with Crippen LogP contribution in [-0.2, 0) is 16.0 Å². The van der Waals surface area contributed by atoms with Gasteiger partial charge < -0.3 is 18.9 Å². The first-order valence-electron chi connectivity index (χ1n) is 8.31. The molecular weight excluding hydrogens is 349 g/mol. The van der Waals surface area contributed by atoms with Gasteiger partial charge in [-0.05, 0) is 31.0 Å². The average Bonchev–Trinajstić information content (AvgIpc) is 3.07. The van der Waals surface area contributed by atoms with Crippen molar-refractivity contribution in [3.63, 3.8) is 0 Å². The Kier molecular flexibility index (Phi) is 6.00. The highest BCUT2D eigenvalue weighted by Gasteiger charge is 2.26. The molecule has 3 rings (SSSR count). The summed E-state index contributed by atoms with van der Waals surface area (Å²) in [7, 11) is 0. The summed E-state index contributed by atoms with van der Waals surface area (Å²) in [6.07, 6.45) is 2.47. The van der Waals surface area contributed by atoms with Gasteiger partial charge in [-0.15, -0.1) is 0 Å². The van der Waals surface area contributed by atoms with Gasteiger partial charge in [-0.25, -0.2) is 4.39 Å². The maximum Gasteiger partial charge on any atom is 0.256 e. The van der Waals surface area contributed by atoms with Crippen LogP contribution in [0, 0.1) is 5.82 Å². The number of halogens is 1. The van der Waals surface area contributed by atoms with Gasteiger partial charge in [0.05, 0.1) is 11.7 Å². The Balaban J connectivity index is 1.56. The van der Waals surface area contributed by atoms with Crippen molar-refractivity contribution in [2.45, 2.75) is 18.9 Å². The van der Waals surface area contributed by atoms with E-state index in [-0.39, 0.29) is 23.3 Å². The van der Waals surface area contributed by atoms with Gasteiger partial charge in [0, 0.05) is 56.3 Å². The third kappa shape index (κ3) is 4.75. The number of hydrogen-bond acceptors (Lipinski definition) is 5. The molecule has 0 aliphatic carbocycles. The molecule has 2 atom stereocenters. The minimum atomic E-state index is -2.53. The predicted octanol–water partition coefficient (Wildman–Crippen LogP) is 0.968. The number of anilines is 1. The van der Waals surface area contributed by atoms with E-state index in [2.05, 4.69) is 9.62 Å². The highest BCUT2D eigenvalue weighted by Crippen LogP contribution is 2.19. The number of benzene rings is 1. The van der Waals surface area contributed by atoms with Crippen LogP contribution in [0.15, 0.2) is 18.2 Å². The average molecular weight is 370 g/mol. The lowest BCUT2D eigenvalue weighted by Crippen LogP contribution is -2.50. The molecule has 9 heteroatoms. The second-order valence-corrected chi connectivity index (χ2v) is 6.93. The SMILES string of the molecule is O=C(c1ccc(NS(=O)[O-])cc1F)N1CCN(CC2CCCO2)CC1. The summed E-state index contributed by atoms with van der Waals surface area (Å²) in [4.78, 5) is 16.4. The molecule has 1 N–H and O–H groups in total. The van der Waals surface area contributed by atoms with E-state index in [1.165, 1.54) is 12.1 Å². The van der Waals surface area contributed by atoms with E-state index in [1.54, 1.807) is 4.90 Å². The number of rotatable bonds is 5. The van der Waals surface area contributed by atoms with Crippen LogP contribution >= 0.6 is 0 Å². The van der Waals surface area contributed by atoms with Crippen LogP contribution in [0.1, 0.15) is 23.2 Å². The fourth-order valence-corrected chi connectivity index (χ4v) is 3.55. The van der Waals surface area contributed by atoms with Crippen molar-refractivity contribution in [3.8, 4) is 0 Å². The smallest absolute Gasteiger partial charge is 0.256 e. The molecule has 2 aliphatic rings. The standard InChI is InChI=1S/C16H22FN3O4S/c17-15-10-12(18-25(22)23)3-4-14(15)16(21)20-7-5-19(6-8-20)11-13-2-1-9-24-13/h3-4,10,13,18H,1-2,5-9,11H2,(H,22,23)/p-1. The molecule has 2 unspecified atom stereocenters. The normalized spacial score (nSPS) is 22.8. The zero-order chi connectivity index (χ0) is 17.8. The van der Waals surface area contributed by atoms with E-state index in [0.29, 0.717) is 13.1 Å². The minimum Gasteiger partial charge on any atom is -0.755 e. The molecule has 0 radical (unpaired) electrons. The molecule has 138 valence electrons.